The molecule has 4 nitrogen and oxygen atoms in total. The first-order valence-corrected chi connectivity index (χ1v) is 5.16. The van der Waals surface area contributed by atoms with Crippen molar-refractivity contribution in [1.29, 1.82) is 0 Å². The summed E-state index contributed by atoms with van der Waals surface area (Å²) in [6.07, 6.45) is 0. The molecule has 0 spiro atoms. The molecular weight excluding hydrogens is 206 g/mol. The van der Waals surface area contributed by atoms with Crippen LogP contribution in [0.3, 0.4) is 0 Å². The molecule has 1 N–H and O–H groups in total. The van der Waals surface area contributed by atoms with Crippen molar-refractivity contribution < 1.29 is 14.7 Å². The van der Waals surface area contributed by atoms with Gasteiger partial charge in [0.05, 0.1) is 5.56 Å². The number of carbonyl (C=O) groups is 2. The lowest BCUT2D eigenvalue weighted by atomic mass is 9.90. The number of carboxylic acids is 1. The van der Waals surface area contributed by atoms with Crippen LogP contribution in [0.2, 0.25) is 0 Å². The molecule has 1 aliphatic rings. The summed E-state index contributed by atoms with van der Waals surface area (Å²) in [5.74, 6) is -0.557. The number of benzene rings is 1. The minimum Gasteiger partial charge on any atom is -0.478 e. The van der Waals surface area contributed by atoms with Crippen molar-refractivity contribution in [2.24, 2.45) is 0 Å². The maximum atomic E-state index is 11.0. The molecule has 2 rings (SSSR count). The molecule has 0 aromatic heterocycles. The van der Waals surface area contributed by atoms with Gasteiger partial charge in [0.15, 0.2) is 0 Å². The highest BCUT2D eigenvalue weighted by molar-refractivity contribution is 5.87. The maximum absolute atomic E-state index is 11.0. The lowest BCUT2D eigenvalue weighted by molar-refractivity contribution is -0.133. The van der Waals surface area contributed by atoms with E-state index in [1.54, 1.807) is 30.0 Å². The molecule has 1 fully saturated rings. The normalized spacial score (nSPS) is 15.7. The van der Waals surface area contributed by atoms with E-state index in [9.17, 15) is 9.59 Å². The summed E-state index contributed by atoms with van der Waals surface area (Å²) < 4.78 is 0. The van der Waals surface area contributed by atoms with E-state index in [1.807, 2.05) is 6.07 Å². The molecule has 4 heteroatoms. The number of likely N-dealkylation sites (tertiary alicyclic amines) is 1. The lowest BCUT2D eigenvalue weighted by Crippen LogP contribution is -2.47. The van der Waals surface area contributed by atoms with Gasteiger partial charge >= 0.3 is 5.97 Å². The van der Waals surface area contributed by atoms with Gasteiger partial charge < -0.3 is 10.0 Å². The van der Waals surface area contributed by atoms with E-state index in [1.165, 1.54) is 0 Å². The van der Waals surface area contributed by atoms with Gasteiger partial charge in [0, 0.05) is 25.9 Å². The lowest BCUT2D eigenvalue weighted by Gasteiger charge is -2.39. The Morgan fingerprint density at radius 3 is 2.62 bits per heavy atom. The van der Waals surface area contributed by atoms with Crippen molar-refractivity contribution in [3.8, 4) is 0 Å². The third kappa shape index (κ3) is 1.91. The van der Waals surface area contributed by atoms with Gasteiger partial charge in [0.25, 0.3) is 0 Å². The zero-order chi connectivity index (χ0) is 11.7. The highest BCUT2D eigenvalue weighted by atomic mass is 16.4. The number of nitrogens with zero attached hydrogens (tertiary/aromatic N) is 1. The van der Waals surface area contributed by atoms with Crippen LogP contribution in [0.4, 0.5) is 0 Å². The zero-order valence-electron chi connectivity index (χ0n) is 9.01. The molecule has 1 aromatic rings. The Labute approximate surface area is 93.5 Å². The minimum absolute atomic E-state index is 0.0747. The van der Waals surface area contributed by atoms with E-state index in [0.717, 1.165) is 5.56 Å². The standard InChI is InChI=1S/C12H13NO3/c1-8(14)13-6-11(7-13)9-3-2-4-10(5-9)12(15)16/h2-5,11H,6-7H2,1H3,(H,15,16). The van der Waals surface area contributed by atoms with E-state index in [4.69, 9.17) is 5.11 Å². The summed E-state index contributed by atoms with van der Waals surface area (Å²) in [6, 6.07) is 6.92. The van der Waals surface area contributed by atoms with Crippen LogP contribution in [-0.2, 0) is 4.79 Å². The van der Waals surface area contributed by atoms with Gasteiger partial charge in [0.2, 0.25) is 5.91 Å². The Morgan fingerprint density at radius 1 is 1.38 bits per heavy atom. The van der Waals surface area contributed by atoms with Crippen LogP contribution < -0.4 is 0 Å². The van der Waals surface area contributed by atoms with E-state index in [-0.39, 0.29) is 11.8 Å². The third-order valence-corrected chi connectivity index (χ3v) is 2.93. The molecule has 1 amide bonds. The average molecular weight is 219 g/mol. The largest absolute Gasteiger partial charge is 0.478 e. The quantitative estimate of drug-likeness (QED) is 0.816. The molecule has 1 aromatic carbocycles. The Morgan fingerprint density at radius 2 is 2.06 bits per heavy atom. The smallest absolute Gasteiger partial charge is 0.335 e. The van der Waals surface area contributed by atoms with Crippen molar-refractivity contribution in [1.82, 2.24) is 4.90 Å². The van der Waals surface area contributed by atoms with Gasteiger partial charge in [0.1, 0.15) is 0 Å². The van der Waals surface area contributed by atoms with Gasteiger partial charge in [-0.1, -0.05) is 12.1 Å². The van der Waals surface area contributed by atoms with Crippen molar-refractivity contribution in [2.45, 2.75) is 12.8 Å². The van der Waals surface area contributed by atoms with Crippen molar-refractivity contribution in [3.63, 3.8) is 0 Å². The summed E-state index contributed by atoms with van der Waals surface area (Å²) in [5.41, 5.74) is 1.30. The molecule has 0 atom stereocenters. The number of carboxylic acid groups (broad SMARTS) is 1. The van der Waals surface area contributed by atoms with Crippen molar-refractivity contribution in [3.05, 3.63) is 35.4 Å². The zero-order valence-corrected chi connectivity index (χ0v) is 9.01. The second-order valence-corrected chi connectivity index (χ2v) is 4.05. The first-order valence-electron chi connectivity index (χ1n) is 5.16. The average Bonchev–Trinajstić information content (AvgIpc) is 2.15. The SMILES string of the molecule is CC(=O)N1CC(c2cccc(C(=O)O)c2)C1. The highest BCUT2D eigenvalue weighted by Gasteiger charge is 2.29. The molecule has 0 aliphatic carbocycles. The van der Waals surface area contributed by atoms with Crippen LogP contribution in [0.15, 0.2) is 24.3 Å². The Balaban J connectivity index is 2.09. The highest BCUT2D eigenvalue weighted by Crippen LogP contribution is 2.27. The number of amides is 1. The summed E-state index contributed by atoms with van der Waals surface area (Å²) in [5, 5.41) is 8.86. The summed E-state index contributed by atoms with van der Waals surface area (Å²) in [6.45, 7) is 2.93. The molecule has 1 heterocycles. The predicted octanol–water partition coefficient (Wildman–Crippen LogP) is 1.33. The fourth-order valence-electron chi connectivity index (χ4n) is 1.87. The van der Waals surface area contributed by atoms with E-state index in [2.05, 4.69) is 0 Å². The summed E-state index contributed by atoms with van der Waals surface area (Å²) in [7, 11) is 0. The number of carbonyl (C=O) groups excluding carboxylic acids is 1. The number of rotatable bonds is 2. The molecule has 0 bridgehead atoms. The van der Waals surface area contributed by atoms with Crippen molar-refractivity contribution in [2.75, 3.05) is 13.1 Å². The van der Waals surface area contributed by atoms with E-state index >= 15 is 0 Å². The maximum Gasteiger partial charge on any atom is 0.335 e. The molecule has 0 radical (unpaired) electrons. The number of aromatic carboxylic acids is 1. The monoisotopic (exact) mass is 219 g/mol. The van der Waals surface area contributed by atoms with Crippen LogP contribution >= 0.6 is 0 Å². The number of hydrogen-bond donors (Lipinski definition) is 1. The van der Waals surface area contributed by atoms with E-state index in [0.29, 0.717) is 18.7 Å². The minimum atomic E-state index is -0.912. The van der Waals surface area contributed by atoms with Gasteiger partial charge in [-0.05, 0) is 17.7 Å². The fourth-order valence-corrected chi connectivity index (χ4v) is 1.87. The summed E-state index contributed by atoms with van der Waals surface area (Å²) in [4.78, 5) is 23.5. The second kappa shape index (κ2) is 3.96. The second-order valence-electron chi connectivity index (χ2n) is 4.05. The molecule has 84 valence electrons. The van der Waals surface area contributed by atoms with Gasteiger partial charge in [-0.3, -0.25) is 4.79 Å². The Hall–Kier alpha value is -1.84. The van der Waals surface area contributed by atoms with Crippen LogP contribution in [0.5, 0.6) is 0 Å². The first-order chi connectivity index (χ1) is 7.58. The molecule has 16 heavy (non-hydrogen) atoms. The molecule has 1 aliphatic heterocycles. The Kier molecular flexibility index (Phi) is 2.64. The van der Waals surface area contributed by atoms with Gasteiger partial charge in [-0.25, -0.2) is 4.79 Å². The molecule has 0 saturated carbocycles. The first kappa shape index (κ1) is 10.7. The van der Waals surface area contributed by atoms with Gasteiger partial charge in [-0.15, -0.1) is 0 Å². The predicted molar refractivity (Wildman–Crippen MR) is 58.4 cm³/mol. The summed E-state index contributed by atoms with van der Waals surface area (Å²) >= 11 is 0. The van der Waals surface area contributed by atoms with Crippen LogP contribution in [-0.4, -0.2) is 35.0 Å². The van der Waals surface area contributed by atoms with E-state index < -0.39 is 5.97 Å². The Bertz CT molecular complexity index is 436. The topological polar surface area (TPSA) is 57.6 Å². The van der Waals surface area contributed by atoms with Gasteiger partial charge in [-0.2, -0.15) is 0 Å². The molecule has 0 unspecified atom stereocenters. The van der Waals surface area contributed by atoms with Crippen LogP contribution in [0.25, 0.3) is 0 Å². The third-order valence-electron chi connectivity index (χ3n) is 2.93. The molecule has 1 saturated heterocycles. The fraction of sp³-hybridized carbons (Fsp3) is 0.333. The molecular formula is C12H13NO3. The van der Waals surface area contributed by atoms with Crippen LogP contribution in [0.1, 0.15) is 28.8 Å². The van der Waals surface area contributed by atoms with Crippen LogP contribution in [0, 0.1) is 0 Å². The van der Waals surface area contributed by atoms with Crippen molar-refractivity contribution >= 4 is 11.9 Å². The number of hydrogen-bond acceptors (Lipinski definition) is 2.